The number of sulfone groups is 1. The van der Waals surface area contributed by atoms with E-state index < -0.39 is 46.2 Å². The molecule has 0 aromatic heterocycles. The molecule has 14 nitrogen and oxygen atoms in total. The van der Waals surface area contributed by atoms with Crippen molar-refractivity contribution in [3.63, 3.8) is 0 Å². The van der Waals surface area contributed by atoms with E-state index in [9.17, 15) is 27.6 Å². The summed E-state index contributed by atoms with van der Waals surface area (Å²) in [6, 6.07) is 8.06. The number of nitrogens with one attached hydrogen (secondary N) is 1. The summed E-state index contributed by atoms with van der Waals surface area (Å²) in [6.45, 7) is 2.79. The molecular formula is C23H38N4O10S. The third kappa shape index (κ3) is 14.5. The van der Waals surface area contributed by atoms with Gasteiger partial charge in [0.1, 0.15) is 0 Å². The molecule has 0 aliphatic heterocycles. The van der Waals surface area contributed by atoms with Crippen molar-refractivity contribution in [3.8, 4) is 0 Å². The van der Waals surface area contributed by atoms with Crippen LogP contribution in [-0.2, 0) is 24.2 Å². The van der Waals surface area contributed by atoms with Gasteiger partial charge in [0, 0.05) is 32.7 Å². The van der Waals surface area contributed by atoms with Gasteiger partial charge >= 0.3 is 23.9 Å². The van der Waals surface area contributed by atoms with Gasteiger partial charge in [-0.25, -0.2) is 18.0 Å². The summed E-state index contributed by atoms with van der Waals surface area (Å²) >= 11 is 0. The average Bonchev–Trinajstić information content (AvgIpc) is 2.78. The second kappa shape index (κ2) is 16.5. The zero-order chi connectivity index (χ0) is 29.5. The number of amides is 2. The second-order valence-corrected chi connectivity index (χ2v) is 11.0. The van der Waals surface area contributed by atoms with Crippen molar-refractivity contribution in [2.24, 2.45) is 0 Å². The average molecular weight is 563 g/mol. The Labute approximate surface area is 222 Å². The number of aliphatic carboxylic acids is 3. The lowest BCUT2D eigenvalue weighted by Crippen LogP contribution is -2.46. The number of hydrogen-bond donors (Lipinski definition) is 5. The number of carboxylic acid groups (broad SMARTS) is 3. The Balaban J connectivity index is 0.000000889. The molecule has 0 heterocycles. The van der Waals surface area contributed by atoms with E-state index in [0.29, 0.717) is 13.1 Å². The first kappa shape index (κ1) is 34.7. The summed E-state index contributed by atoms with van der Waals surface area (Å²) in [5.41, 5.74) is -2.74. The van der Waals surface area contributed by atoms with Crippen molar-refractivity contribution in [2.45, 2.75) is 23.3 Å². The number of carbonyl (C=O) groups excluding carboxylic acids is 1. The van der Waals surface area contributed by atoms with Crippen LogP contribution in [0.4, 0.5) is 4.79 Å². The summed E-state index contributed by atoms with van der Waals surface area (Å²) in [4.78, 5) is 48.9. The van der Waals surface area contributed by atoms with Crippen molar-refractivity contribution >= 4 is 33.8 Å². The summed E-state index contributed by atoms with van der Waals surface area (Å²) in [5.74, 6) is -5.13. The van der Waals surface area contributed by atoms with Crippen LogP contribution < -0.4 is 5.32 Å². The predicted molar refractivity (Wildman–Crippen MR) is 138 cm³/mol. The molecule has 0 bridgehead atoms. The van der Waals surface area contributed by atoms with Gasteiger partial charge < -0.3 is 40.4 Å². The monoisotopic (exact) mass is 562 g/mol. The highest BCUT2D eigenvalue weighted by atomic mass is 32.2. The SMILES string of the molecule is CN(C)CCN(CCN(C)C)C(=O)NCCS(=O)(=O)c1ccccc1.O=C(O)CC(O)(CC(=O)O)C(=O)O. The molecule has 0 radical (unpaired) electrons. The molecule has 2 amide bonds. The van der Waals surface area contributed by atoms with E-state index in [1.807, 2.05) is 38.0 Å². The molecule has 0 unspecified atom stereocenters. The molecule has 0 spiro atoms. The highest BCUT2D eigenvalue weighted by molar-refractivity contribution is 7.91. The first-order valence-corrected chi connectivity index (χ1v) is 13.1. The molecule has 1 rings (SSSR count). The maximum atomic E-state index is 12.4. The highest BCUT2D eigenvalue weighted by Gasteiger charge is 2.40. The van der Waals surface area contributed by atoms with Crippen LogP contribution >= 0.6 is 0 Å². The van der Waals surface area contributed by atoms with Gasteiger partial charge in [0.25, 0.3) is 0 Å². The lowest BCUT2D eigenvalue weighted by atomic mass is 9.96. The highest BCUT2D eigenvalue weighted by Crippen LogP contribution is 2.15. The second-order valence-electron chi connectivity index (χ2n) is 8.94. The maximum Gasteiger partial charge on any atom is 0.336 e. The molecule has 216 valence electrons. The molecule has 0 aliphatic carbocycles. The lowest BCUT2D eigenvalue weighted by molar-refractivity contribution is -0.170. The van der Waals surface area contributed by atoms with Gasteiger partial charge in [-0.3, -0.25) is 9.59 Å². The van der Waals surface area contributed by atoms with Crippen molar-refractivity contribution in [3.05, 3.63) is 30.3 Å². The summed E-state index contributed by atoms with van der Waals surface area (Å²) < 4.78 is 24.5. The Morgan fingerprint density at radius 3 is 1.63 bits per heavy atom. The molecule has 0 saturated heterocycles. The van der Waals surface area contributed by atoms with E-state index in [1.165, 1.54) is 0 Å². The van der Waals surface area contributed by atoms with Crippen LogP contribution in [0.3, 0.4) is 0 Å². The van der Waals surface area contributed by atoms with Gasteiger partial charge in [-0.15, -0.1) is 0 Å². The molecule has 0 fully saturated rings. The Morgan fingerprint density at radius 1 is 0.816 bits per heavy atom. The van der Waals surface area contributed by atoms with Crippen LogP contribution in [-0.4, -0.2) is 140 Å². The van der Waals surface area contributed by atoms with Crippen molar-refractivity contribution in [2.75, 3.05) is 66.7 Å². The number of carboxylic acids is 3. The third-order valence-electron chi connectivity index (χ3n) is 4.96. The molecule has 0 saturated carbocycles. The van der Waals surface area contributed by atoms with Gasteiger partial charge in [-0.1, -0.05) is 18.2 Å². The van der Waals surface area contributed by atoms with Crippen molar-refractivity contribution < 1.29 is 48.0 Å². The van der Waals surface area contributed by atoms with E-state index in [2.05, 4.69) is 5.32 Å². The number of likely N-dealkylation sites (N-methyl/N-ethyl adjacent to an activating group) is 2. The van der Waals surface area contributed by atoms with E-state index in [4.69, 9.17) is 20.4 Å². The fraction of sp³-hybridized carbons (Fsp3) is 0.565. The van der Waals surface area contributed by atoms with Crippen LogP contribution in [0.5, 0.6) is 0 Å². The molecule has 1 aromatic carbocycles. The van der Waals surface area contributed by atoms with Crippen LogP contribution in [0.1, 0.15) is 12.8 Å². The maximum absolute atomic E-state index is 12.4. The molecule has 1 aromatic rings. The van der Waals surface area contributed by atoms with Gasteiger partial charge in [0.05, 0.1) is 23.5 Å². The van der Waals surface area contributed by atoms with Gasteiger partial charge in [0.2, 0.25) is 0 Å². The normalized spacial score (nSPS) is 11.4. The largest absolute Gasteiger partial charge is 0.481 e. The van der Waals surface area contributed by atoms with Crippen LogP contribution in [0.15, 0.2) is 35.2 Å². The van der Waals surface area contributed by atoms with Crippen molar-refractivity contribution in [1.29, 1.82) is 0 Å². The first-order valence-electron chi connectivity index (χ1n) is 11.5. The molecule has 15 heteroatoms. The third-order valence-corrected chi connectivity index (χ3v) is 6.69. The first-order chi connectivity index (χ1) is 17.5. The van der Waals surface area contributed by atoms with Crippen LogP contribution in [0, 0.1) is 0 Å². The number of carbonyl (C=O) groups is 4. The van der Waals surface area contributed by atoms with E-state index in [-0.39, 0.29) is 23.2 Å². The Morgan fingerprint density at radius 2 is 1.26 bits per heavy atom. The summed E-state index contributed by atoms with van der Waals surface area (Å²) in [6.07, 6.45) is -2.29. The Kier molecular flexibility index (Phi) is 15.1. The molecule has 0 atom stereocenters. The van der Waals surface area contributed by atoms with Gasteiger partial charge in [-0.05, 0) is 40.3 Å². The van der Waals surface area contributed by atoms with Crippen LogP contribution in [0.25, 0.3) is 0 Å². The minimum absolute atomic E-state index is 0.0937. The topological polar surface area (TPSA) is 205 Å². The number of rotatable bonds is 15. The minimum Gasteiger partial charge on any atom is -0.481 e. The minimum atomic E-state index is -3.38. The van der Waals surface area contributed by atoms with E-state index >= 15 is 0 Å². The fourth-order valence-corrected chi connectivity index (χ4v) is 4.00. The van der Waals surface area contributed by atoms with Gasteiger partial charge in [0.15, 0.2) is 15.4 Å². The lowest BCUT2D eigenvalue weighted by Gasteiger charge is -2.26. The zero-order valence-electron chi connectivity index (χ0n) is 22.0. The molecule has 5 N–H and O–H groups in total. The smallest absolute Gasteiger partial charge is 0.336 e. The van der Waals surface area contributed by atoms with Crippen molar-refractivity contribution in [1.82, 2.24) is 20.0 Å². The Hall–Kier alpha value is -3.27. The Bertz CT molecular complexity index is 988. The van der Waals surface area contributed by atoms with Gasteiger partial charge in [-0.2, -0.15) is 0 Å². The zero-order valence-corrected chi connectivity index (χ0v) is 22.8. The number of urea groups is 1. The van der Waals surface area contributed by atoms with Crippen LogP contribution in [0.2, 0.25) is 0 Å². The predicted octanol–water partition coefficient (Wildman–Crippen LogP) is -0.653. The quantitative estimate of drug-likeness (QED) is 0.181. The fourth-order valence-electron chi connectivity index (χ4n) is 2.82. The standard InChI is InChI=1S/C17H30N4O3S.C6H8O7/c1-19(2)11-13-21(14-12-20(3)4)17(22)18-10-15-25(23,24)16-8-6-5-7-9-16;7-3(8)1-6(13,5(11)12)2-4(9)10/h5-9H,10-15H2,1-4H3,(H,18,22);13H,1-2H2,(H,7,8)(H,9,10)(H,11,12). The molecular weight excluding hydrogens is 524 g/mol. The number of nitrogens with zero attached hydrogens (tertiary/aromatic N) is 3. The summed E-state index contributed by atoms with van der Waals surface area (Å²) in [5, 5.41) is 36.5. The molecule has 38 heavy (non-hydrogen) atoms. The molecule has 0 aliphatic rings. The number of aliphatic hydroxyl groups is 1. The number of benzene rings is 1. The van der Waals surface area contributed by atoms with E-state index in [1.54, 1.807) is 35.2 Å². The summed E-state index contributed by atoms with van der Waals surface area (Å²) in [7, 11) is 4.43. The number of hydrogen-bond acceptors (Lipinski definition) is 9. The van der Waals surface area contributed by atoms with E-state index in [0.717, 1.165) is 13.1 Å².